The molecule has 31 heavy (non-hydrogen) atoms. The van der Waals surface area contributed by atoms with E-state index in [0.29, 0.717) is 36.1 Å². The van der Waals surface area contributed by atoms with Crippen LogP contribution in [0.5, 0.6) is 0 Å². The van der Waals surface area contributed by atoms with Gasteiger partial charge in [0, 0.05) is 5.69 Å². The molecule has 0 heterocycles. The number of sulfonamides is 1. The van der Waals surface area contributed by atoms with Crippen molar-refractivity contribution in [2.45, 2.75) is 43.9 Å². The summed E-state index contributed by atoms with van der Waals surface area (Å²) in [7, 11) is -8.09. The van der Waals surface area contributed by atoms with E-state index in [1.54, 1.807) is 30.3 Å². The lowest BCUT2D eigenvalue weighted by Gasteiger charge is -2.08. The highest BCUT2D eigenvalue weighted by atomic mass is 32.2. The van der Waals surface area contributed by atoms with Gasteiger partial charge in [0.15, 0.2) is 0 Å². The van der Waals surface area contributed by atoms with E-state index in [2.05, 4.69) is 4.72 Å². The number of benzene rings is 1. The number of hydrogen-bond acceptors (Lipinski definition) is 5. The standard InChI is InChI=1S/C23H27NO5S2/c1-17(2)18-11-13-21-19(16-23(31(27,28)29)22(21)14-12-18)8-6-7-15-30(25,26)24-20-9-4-3-5-10-20/h3-5,9-14,16-17,24H,6-8,15H2,1-2H3,(H,27,28,29)/p-1. The highest BCUT2D eigenvalue weighted by molar-refractivity contribution is 7.92. The minimum absolute atomic E-state index is 0.0431. The van der Waals surface area contributed by atoms with Gasteiger partial charge < -0.3 is 4.55 Å². The zero-order chi connectivity index (χ0) is 22.6. The predicted octanol–water partition coefficient (Wildman–Crippen LogP) is 4.58. The molecule has 0 spiro atoms. The second-order valence-electron chi connectivity index (χ2n) is 7.88. The Morgan fingerprint density at radius 3 is 2.13 bits per heavy atom. The summed E-state index contributed by atoms with van der Waals surface area (Å²) < 4.78 is 62.4. The first-order valence-electron chi connectivity index (χ1n) is 10.1. The number of hydrogen-bond donors (Lipinski definition) is 1. The van der Waals surface area contributed by atoms with Crippen molar-refractivity contribution in [2.24, 2.45) is 0 Å². The maximum atomic E-state index is 12.3. The van der Waals surface area contributed by atoms with Crippen molar-refractivity contribution < 1.29 is 21.4 Å². The van der Waals surface area contributed by atoms with Gasteiger partial charge in [0.25, 0.3) is 0 Å². The fraction of sp³-hybridized carbons (Fsp3) is 0.304. The lowest BCUT2D eigenvalue weighted by molar-refractivity contribution is 0.463. The molecule has 0 bridgehead atoms. The van der Waals surface area contributed by atoms with Crippen molar-refractivity contribution in [3.8, 4) is 11.1 Å². The maximum absolute atomic E-state index is 12.3. The molecular formula is C23H26NO5S2-. The second kappa shape index (κ2) is 9.38. The first kappa shape index (κ1) is 23.2. The van der Waals surface area contributed by atoms with Crippen LogP contribution in [0.15, 0.2) is 65.6 Å². The predicted molar refractivity (Wildman–Crippen MR) is 122 cm³/mol. The molecule has 166 valence electrons. The zero-order valence-electron chi connectivity index (χ0n) is 17.5. The minimum Gasteiger partial charge on any atom is -0.744 e. The second-order valence-corrected chi connectivity index (χ2v) is 11.1. The van der Waals surface area contributed by atoms with Crippen LogP contribution < -0.4 is 4.72 Å². The Bertz CT molecular complexity index is 1220. The number of unbranched alkanes of at least 4 members (excludes halogenated alkanes) is 1. The number of aryl methyl sites for hydroxylation is 1. The maximum Gasteiger partial charge on any atom is 0.232 e. The molecule has 1 aromatic rings. The van der Waals surface area contributed by atoms with E-state index in [1.165, 1.54) is 6.07 Å². The summed E-state index contributed by atoms with van der Waals surface area (Å²) in [6.07, 6.45) is 1.43. The summed E-state index contributed by atoms with van der Waals surface area (Å²) in [5.74, 6) is 0.216. The van der Waals surface area contributed by atoms with E-state index < -0.39 is 20.1 Å². The van der Waals surface area contributed by atoms with Crippen molar-refractivity contribution in [2.75, 3.05) is 10.5 Å². The monoisotopic (exact) mass is 460 g/mol. The average molecular weight is 461 g/mol. The van der Waals surface area contributed by atoms with Crippen molar-refractivity contribution in [1.82, 2.24) is 0 Å². The minimum atomic E-state index is -4.62. The summed E-state index contributed by atoms with van der Waals surface area (Å²) in [4.78, 5) is -0.221. The average Bonchev–Trinajstić information content (AvgIpc) is 2.88. The van der Waals surface area contributed by atoms with Crippen molar-refractivity contribution >= 4 is 25.8 Å². The van der Waals surface area contributed by atoms with Gasteiger partial charge in [-0.05, 0) is 65.6 Å². The van der Waals surface area contributed by atoms with Gasteiger partial charge in [-0.2, -0.15) is 0 Å². The summed E-state index contributed by atoms with van der Waals surface area (Å²) in [5, 5.41) is 0. The Morgan fingerprint density at radius 2 is 1.52 bits per heavy atom. The zero-order valence-corrected chi connectivity index (χ0v) is 19.2. The first-order chi connectivity index (χ1) is 14.6. The highest BCUT2D eigenvalue weighted by Crippen LogP contribution is 2.36. The number of fused-ring (bicyclic) bond motifs is 1. The van der Waals surface area contributed by atoms with Crippen LogP contribution in [-0.4, -0.2) is 27.1 Å². The molecule has 0 fully saturated rings. The van der Waals surface area contributed by atoms with E-state index in [-0.39, 0.29) is 16.6 Å². The molecule has 0 atom stereocenters. The van der Waals surface area contributed by atoms with Gasteiger partial charge in [-0.25, -0.2) is 16.8 Å². The Hall–Kier alpha value is -2.42. The molecule has 0 saturated carbocycles. The van der Waals surface area contributed by atoms with Crippen molar-refractivity contribution in [1.29, 1.82) is 0 Å². The molecule has 1 aromatic carbocycles. The third kappa shape index (κ3) is 6.06. The number of rotatable bonds is 9. The van der Waals surface area contributed by atoms with Crippen LogP contribution in [0.25, 0.3) is 11.1 Å². The third-order valence-electron chi connectivity index (χ3n) is 5.18. The van der Waals surface area contributed by atoms with Crippen molar-refractivity contribution in [3.63, 3.8) is 0 Å². The van der Waals surface area contributed by atoms with Crippen LogP contribution in [0, 0.1) is 0 Å². The van der Waals surface area contributed by atoms with E-state index >= 15 is 0 Å². The van der Waals surface area contributed by atoms with Gasteiger partial charge in [-0.3, -0.25) is 4.72 Å². The number of nitrogens with one attached hydrogen (secondary N) is 1. The normalized spacial score (nSPS) is 12.4. The highest BCUT2D eigenvalue weighted by Gasteiger charge is 2.19. The summed E-state index contributed by atoms with van der Waals surface area (Å²) in [6, 6.07) is 17.4. The van der Waals surface area contributed by atoms with Crippen LogP contribution in [0.4, 0.5) is 5.69 Å². The van der Waals surface area contributed by atoms with Crippen LogP contribution >= 0.6 is 0 Å². The van der Waals surface area contributed by atoms with Crippen molar-refractivity contribution in [3.05, 3.63) is 71.8 Å². The third-order valence-corrected chi connectivity index (χ3v) is 7.43. The largest absolute Gasteiger partial charge is 0.744 e. The Kier molecular flexibility index (Phi) is 7.03. The molecular weight excluding hydrogens is 434 g/mol. The lowest BCUT2D eigenvalue weighted by atomic mass is 10.0. The van der Waals surface area contributed by atoms with Gasteiger partial charge >= 0.3 is 0 Å². The molecule has 1 N–H and O–H groups in total. The molecule has 8 heteroatoms. The van der Waals surface area contributed by atoms with E-state index in [9.17, 15) is 21.4 Å². The summed E-state index contributed by atoms with van der Waals surface area (Å²) in [6.45, 7) is 4.08. The van der Waals surface area contributed by atoms with Crippen LogP contribution in [0.2, 0.25) is 0 Å². The molecule has 0 saturated heterocycles. The van der Waals surface area contributed by atoms with Crippen LogP contribution in [-0.2, 0) is 26.6 Å². The molecule has 2 aliphatic rings. The van der Waals surface area contributed by atoms with Crippen LogP contribution in [0.1, 0.15) is 43.7 Å². The molecule has 3 rings (SSSR count). The summed E-state index contributed by atoms with van der Waals surface area (Å²) in [5.41, 5.74) is 3.42. The Morgan fingerprint density at radius 1 is 0.871 bits per heavy atom. The van der Waals surface area contributed by atoms with Gasteiger partial charge in [0.1, 0.15) is 10.1 Å². The van der Waals surface area contributed by atoms with Gasteiger partial charge in [0.05, 0.1) is 10.6 Å². The quantitative estimate of drug-likeness (QED) is 0.372. The van der Waals surface area contributed by atoms with Crippen LogP contribution in [0.3, 0.4) is 0 Å². The fourth-order valence-electron chi connectivity index (χ4n) is 3.55. The molecule has 0 amide bonds. The Balaban J connectivity index is 1.74. The molecule has 6 nitrogen and oxygen atoms in total. The van der Waals surface area contributed by atoms with Gasteiger partial charge in [-0.15, -0.1) is 0 Å². The lowest BCUT2D eigenvalue weighted by Crippen LogP contribution is -2.16. The topological polar surface area (TPSA) is 103 Å². The number of anilines is 1. The van der Waals surface area contributed by atoms with Gasteiger partial charge in [-0.1, -0.05) is 56.3 Å². The van der Waals surface area contributed by atoms with E-state index in [0.717, 1.165) is 11.1 Å². The van der Waals surface area contributed by atoms with Gasteiger partial charge in [0.2, 0.25) is 10.0 Å². The van der Waals surface area contributed by atoms with E-state index in [1.807, 2.05) is 38.1 Å². The molecule has 0 radical (unpaired) electrons. The molecule has 2 aliphatic carbocycles. The smallest absolute Gasteiger partial charge is 0.232 e. The molecule has 0 unspecified atom stereocenters. The summed E-state index contributed by atoms with van der Waals surface area (Å²) >= 11 is 0. The fourth-order valence-corrected chi connectivity index (χ4v) is 5.46. The SMILES string of the molecule is CC(C)c1ccc2c(CCCCS(=O)(=O)Nc3ccccc3)cc(S(=O)(=O)[O-])c-2cc1. The molecule has 0 aliphatic heterocycles. The first-order valence-corrected chi connectivity index (χ1v) is 13.2. The number of para-hydroxylation sites is 1. The molecule has 0 aromatic heterocycles. The van der Waals surface area contributed by atoms with E-state index in [4.69, 9.17) is 0 Å². The Labute approximate surface area is 184 Å².